The number of rotatable bonds is 6. The highest BCUT2D eigenvalue weighted by atomic mass is 79.9. The SMILES string of the molecule is Cc1cc(S(=O)(=O)N2CCN(CCC(=O)Nc3ccc(Br)cc3)CC2)c(C)s1. The third-order valence-corrected chi connectivity index (χ3v) is 8.38. The Labute approximate surface area is 178 Å². The maximum atomic E-state index is 12.9. The van der Waals surface area contributed by atoms with Crippen LogP contribution in [0, 0.1) is 13.8 Å². The van der Waals surface area contributed by atoms with Gasteiger partial charge in [0.25, 0.3) is 0 Å². The molecular weight excluding hydrogens is 462 g/mol. The number of nitrogens with zero attached hydrogens (tertiary/aromatic N) is 2. The van der Waals surface area contributed by atoms with Crippen LogP contribution < -0.4 is 5.32 Å². The quantitative estimate of drug-likeness (QED) is 0.679. The molecule has 1 saturated heterocycles. The van der Waals surface area contributed by atoms with E-state index in [9.17, 15) is 13.2 Å². The fraction of sp³-hybridized carbons (Fsp3) is 0.421. The van der Waals surface area contributed by atoms with Gasteiger partial charge in [-0.15, -0.1) is 11.3 Å². The number of hydrogen-bond donors (Lipinski definition) is 1. The molecule has 1 aromatic heterocycles. The van der Waals surface area contributed by atoms with E-state index in [0.717, 1.165) is 19.9 Å². The van der Waals surface area contributed by atoms with Crippen LogP contribution in [0.3, 0.4) is 0 Å². The number of anilines is 1. The highest BCUT2D eigenvalue weighted by Crippen LogP contribution is 2.28. The van der Waals surface area contributed by atoms with Crippen LogP contribution in [0.5, 0.6) is 0 Å². The summed E-state index contributed by atoms with van der Waals surface area (Å²) in [5.74, 6) is -0.0400. The van der Waals surface area contributed by atoms with Crippen LogP contribution in [-0.2, 0) is 14.8 Å². The first kappa shape index (κ1) is 21.4. The Hall–Kier alpha value is -1.26. The van der Waals surface area contributed by atoms with Crippen molar-refractivity contribution in [3.8, 4) is 0 Å². The van der Waals surface area contributed by atoms with Gasteiger partial charge in [-0.25, -0.2) is 8.42 Å². The zero-order chi connectivity index (χ0) is 20.3. The Morgan fingerprint density at radius 1 is 1.14 bits per heavy atom. The Morgan fingerprint density at radius 2 is 1.79 bits per heavy atom. The molecule has 0 saturated carbocycles. The zero-order valence-corrected chi connectivity index (χ0v) is 19.2. The van der Waals surface area contributed by atoms with Crippen LogP contribution in [0.2, 0.25) is 0 Å². The van der Waals surface area contributed by atoms with Gasteiger partial charge < -0.3 is 10.2 Å². The summed E-state index contributed by atoms with van der Waals surface area (Å²) in [6, 6.07) is 9.21. The summed E-state index contributed by atoms with van der Waals surface area (Å²) in [5, 5.41) is 2.88. The first-order chi connectivity index (χ1) is 13.3. The second kappa shape index (κ2) is 9.04. The maximum absolute atomic E-state index is 12.9. The summed E-state index contributed by atoms with van der Waals surface area (Å²) in [6.45, 7) is 6.56. The number of piperazine rings is 1. The maximum Gasteiger partial charge on any atom is 0.244 e. The predicted molar refractivity (Wildman–Crippen MR) is 116 cm³/mol. The van der Waals surface area contributed by atoms with Crippen LogP contribution in [0.4, 0.5) is 5.69 Å². The number of sulfonamides is 1. The number of thiophene rings is 1. The molecule has 1 aliphatic heterocycles. The van der Waals surface area contributed by atoms with Gasteiger partial charge in [0, 0.05) is 59.1 Å². The van der Waals surface area contributed by atoms with Crippen LogP contribution in [0.25, 0.3) is 0 Å². The monoisotopic (exact) mass is 485 g/mol. The molecule has 1 aromatic carbocycles. The molecular formula is C19H24BrN3O3S2. The Balaban J connectivity index is 1.48. The van der Waals surface area contributed by atoms with E-state index < -0.39 is 10.0 Å². The molecule has 9 heteroatoms. The van der Waals surface area contributed by atoms with E-state index in [2.05, 4.69) is 26.1 Å². The van der Waals surface area contributed by atoms with Crippen molar-refractivity contribution in [1.29, 1.82) is 0 Å². The number of nitrogens with one attached hydrogen (secondary N) is 1. The lowest BCUT2D eigenvalue weighted by Crippen LogP contribution is -2.49. The van der Waals surface area contributed by atoms with Crippen molar-refractivity contribution in [3.05, 3.63) is 44.6 Å². The molecule has 1 N–H and O–H groups in total. The van der Waals surface area contributed by atoms with E-state index in [-0.39, 0.29) is 5.91 Å². The fourth-order valence-corrected chi connectivity index (χ4v) is 6.42. The molecule has 1 aliphatic rings. The summed E-state index contributed by atoms with van der Waals surface area (Å²) < 4.78 is 28.3. The number of carbonyl (C=O) groups is 1. The standard InChI is InChI=1S/C19H24BrN3O3S2/c1-14-13-18(15(2)27-14)28(25,26)23-11-9-22(10-12-23)8-7-19(24)21-17-5-3-16(20)4-6-17/h3-6,13H,7-12H2,1-2H3,(H,21,24). The molecule has 0 radical (unpaired) electrons. The van der Waals surface area contributed by atoms with E-state index in [1.54, 1.807) is 10.4 Å². The topological polar surface area (TPSA) is 69.7 Å². The summed E-state index contributed by atoms with van der Waals surface area (Å²) in [7, 11) is -3.44. The second-order valence-electron chi connectivity index (χ2n) is 6.83. The number of hydrogen-bond acceptors (Lipinski definition) is 5. The van der Waals surface area contributed by atoms with Crippen molar-refractivity contribution in [2.45, 2.75) is 25.2 Å². The van der Waals surface area contributed by atoms with Crippen LogP contribution >= 0.6 is 27.3 Å². The van der Waals surface area contributed by atoms with Gasteiger partial charge >= 0.3 is 0 Å². The molecule has 0 bridgehead atoms. The predicted octanol–water partition coefficient (Wildman–Crippen LogP) is 3.46. The summed E-state index contributed by atoms with van der Waals surface area (Å²) in [5.41, 5.74) is 0.769. The molecule has 2 aromatic rings. The second-order valence-corrected chi connectivity index (χ2v) is 11.1. The molecule has 3 rings (SSSR count). The minimum Gasteiger partial charge on any atom is -0.326 e. The molecule has 0 spiro atoms. The van der Waals surface area contributed by atoms with Gasteiger partial charge in [0.15, 0.2) is 0 Å². The molecule has 1 fully saturated rings. The van der Waals surface area contributed by atoms with Crippen molar-refractivity contribution in [2.24, 2.45) is 0 Å². The number of aryl methyl sites for hydroxylation is 2. The van der Waals surface area contributed by atoms with Crippen molar-refractivity contribution in [2.75, 3.05) is 38.0 Å². The molecule has 0 unspecified atom stereocenters. The van der Waals surface area contributed by atoms with Gasteiger partial charge in [-0.05, 0) is 44.2 Å². The smallest absolute Gasteiger partial charge is 0.244 e. The Kier molecular flexibility index (Phi) is 6.93. The molecule has 6 nitrogen and oxygen atoms in total. The molecule has 152 valence electrons. The number of halogens is 1. The number of amides is 1. The summed E-state index contributed by atoms with van der Waals surface area (Å²) in [6.07, 6.45) is 0.381. The van der Waals surface area contributed by atoms with Crippen molar-refractivity contribution >= 4 is 48.9 Å². The summed E-state index contributed by atoms with van der Waals surface area (Å²) in [4.78, 5) is 16.5. The molecule has 0 aliphatic carbocycles. The molecule has 28 heavy (non-hydrogen) atoms. The van der Waals surface area contributed by atoms with Crippen molar-refractivity contribution < 1.29 is 13.2 Å². The van der Waals surface area contributed by atoms with Gasteiger partial charge in [0.05, 0.1) is 4.90 Å². The number of benzene rings is 1. The lowest BCUT2D eigenvalue weighted by molar-refractivity contribution is -0.116. The first-order valence-electron chi connectivity index (χ1n) is 9.10. The normalized spacial score (nSPS) is 16.2. The molecule has 0 atom stereocenters. The average molecular weight is 486 g/mol. The third-order valence-electron chi connectivity index (χ3n) is 4.73. The van der Waals surface area contributed by atoms with Crippen molar-refractivity contribution in [1.82, 2.24) is 9.21 Å². The zero-order valence-electron chi connectivity index (χ0n) is 15.9. The lowest BCUT2D eigenvalue weighted by Gasteiger charge is -2.33. The van der Waals surface area contributed by atoms with E-state index in [1.165, 1.54) is 11.3 Å². The Bertz CT molecular complexity index is 934. The highest BCUT2D eigenvalue weighted by molar-refractivity contribution is 9.10. The van der Waals surface area contributed by atoms with E-state index >= 15 is 0 Å². The molecule has 2 heterocycles. The van der Waals surface area contributed by atoms with Gasteiger partial charge in [-0.3, -0.25) is 4.79 Å². The Morgan fingerprint density at radius 3 is 2.36 bits per heavy atom. The third kappa shape index (κ3) is 5.21. The summed E-state index contributed by atoms with van der Waals surface area (Å²) >= 11 is 4.88. The minimum atomic E-state index is -3.44. The lowest BCUT2D eigenvalue weighted by atomic mass is 10.3. The first-order valence-corrected chi connectivity index (χ1v) is 12.2. The highest BCUT2D eigenvalue weighted by Gasteiger charge is 2.30. The van der Waals surface area contributed by atoms with Crippen LogP contribution in [0.1, 0.15) is 16.2 Å². The van der Waals surface area contributed by atoms with Gasteiger partial charge in [-0.2, -0.15) is 4.31 Å². The van der Waals surface area contributed by atoms with Gasteiger partial charge in [0.2, 0.25) is 15.9 Å². The van der Waals surface area contributed by atoms with E-state index in [0.29, 0.717) is 44.0 Å². The minimum absolute atomic E-state index is 0.0400. The van der Waals surface area contributed by atoms with Crippen LogP contribution in [0.15, 0.2) is 39.7 Å². The largest absolute Gasteiger partial charge is 0.326 e. The average Bonchev–Trinajstić information content (AvgIpc) is 3.01. The van der Waals surface area contributed by atoms with Gasteiger partial charge in [-0.1, -0.05) is 15.9 Å². The fourth-order valence-electron chi connectivity index (χ4n) is 3.21. The van der Waals surface area contributed by atoms with Gasteiger partial charge in [0.1, 0.15) is 0 Å². The van der Waals surface area contributed by atoms with E-state index in [1.807, 2.05) is 38.1 Å². The van der Waals surface area contributed by atoms with E-state index in [4.69, 9.17) is 0 Å². The van der Waals surface area contributed by atoms with Crippen LogP contribution in [-0.4, -0.2) is 56.3 Å². The number of carbonyl (C=O) groups excluding carboxylic acids is 1. The molecule has 1 amide bonds. The van der Waals surface area contributed by atoms with Crippen molar-refractivity contribution in [3.63, 3.8) is 0 Å².